The highest BCUT2D eigenvalue weighted by Gasteiger charge is 2.34. The zero-order valence-electron chi connectivity index (χ0n) is 7.29. The number of rotatable bonds is 1. The summed E-state index contributed by atoms with van der Waals surface area (Å²) in [6.07, 6.45) is 0. The first-order valence-electron chi connectivity index (χ1n) is 4.12. The summed E-state index contributed by atoms with van der Waals surface area (Å²) in [6.45, 7) is 3.05. The Bertz CT molecular complexity index is 310. The molecule has 0 aliphatic carbocycles. The van der Waals surface area contributed by atoms with Crippen LogP contribution in [0.1, 0.15) is 12.6 Å². The van der Waals surface area contributed by atoms with Gasteiger partial charge in [0, 0.05) is 0 Å². The highest BCUT2D eigenvalue weighted by atomic mass is 35.5. The van der Waals surface area contributed by atoms with Crippen molar-refractivity contribution in [2.75, 3.05) is 13.2 Å². The molecule has 1 aromatic heterocycles. The lowest BCUT2D eigenvalue weighted by molar-refractivity contribution is -0.152. The van der Waals surface area contributed by atoms with E-state index in [4.69, 9.17) is 21.1 Å². The molecule has 2 rings (SSSR count). The van der Waals surface area contributed by atoms with Crippen LogP contribution in [0.3, 0.4) is 0 Å². The zero-order valence-corrected chi connectivity index (χ0v) is 8.04. The quantitative estimate of drug-likeness (QED) is 0.648. The molecule has 3 nitrogen and oxygen atoms in total. The van der Waals surface area contributed by atoms with E-state index in [0.29, 0.717) is 18.4 Å². The fourth-order valence-electron chi connectivity index (χ4n) is 1.32. The van der Waals surface area contributed by atoms with Gasteiger partial charge in [0.05, 0.1) is 13.2 Å². The van der Waals surface area contributed by atoms with Crippen molar-refractivity contribution in [3.63, 3.8) is 0 Å². The third-order valence-corrected chi connectivity index (χ3v) is 2.23. The Labute approximate surface area is 81.6 Å². The van der Waals surface area contributed by atoms with Crippen LogP contribution in [0.2, 0.25) is 5.15 Å². The predicted octanol–water partition coefficient (Wildman–Crippen LogP) is 1.95. The van der Waals surface area contributed by atoms with Gasteiger partial charge in [0.1, 0.15) is 10.8 Å². The van der Waals surface area contributed by atoms with Crippen molar-refractivity contribution in [2.45, 2.75) is 12.7 Å². The summed E-state index contributed by atoms with van der Waals surface area (Å²) in [7, 11) is 0. The molecule has 0 saturated carbocycles. The maximum Gasteiger partial charge on any atom is 0.209 e. The molecule has 0 bridgehead atoms. The van der Waals surface area contributed by atoms with E-state index < -0.39 is 5.79 Å². The highest BCUT2D eigenvalue weighted by molar-refractivity contribution is 6.29. The number of hydrogen-bond acceptors (Lipinski definition) is 3. The van der Waals surface area contributed by atoms with Crippen molar-refractivity contribution < 1.29 is 9.47 Å². The Morgan fingerprint density at radius 3 is 2.69 bits per heavy atom. The molecule has 0 radical (unpaired) electrons. The summed E-state index contributed by atoms with van der Waals surface area (Å²) in [5, 5.41) is 0.456. The van der Waals surface area contributed by atoms with Crippen LogP contribution in [-0.4, -0.2) is 18.2 Å². The number of aromatic nitrogens is 1. The van der Waals surface area contributed by atoms with E-state index in [1.807, 2.05) is 19.1 Å². The summed E-state index contributed by atoms with van der Waals surface area (Å²) < 4.78 is 10.9. The Hall–Kier alpha value is -0.640. The standard InChI is InChI=1S/C9H10ClNO2/c1-9(12-5-6-13-9)7-3-2-4-8(10)11-7/h2-4H,5-6H2,1H3. The molecule has 13 heavy (non-hydrogen) atoms. The van der Waals surface area contributed by atoms with Crippen molar-refractivity contribution in [1.29, 1.82) is 0 Å². The molecule has 0 amide bonds. The molecule has 1 fully saturated rings. The molecule has 0 atom stereocenters. The second-order valence-corrected chi connectivity index (χ2v) is 3.38. The molecule has 2 heterocycles. The van der Waals surface area contributed by atoms with Gasteiger partial charge in [-0.05, 0) is 19.1 Å². The lowest BCUT2D eigenvalue weighted by Gasteiger charge is -2.21. The van der Waals surface area contributed by atoms with Crippen LogP contribution in [0.4, 0.5) is 0 Å². The van der Waals surface area contributed by atoms with Gasteiger partial charge in [-0.2, -0.15) is 0 Å². The molecule has 0 spiro atoms. The largest absolute Gasteiger partial charge is 0.342 e. The minimum Gasteiger partial charge on any atom is -0.342 e. The van der Waals surface area contributed by atoms with E-state index in [9.17, 15) is 0 Å². The van der Waals surface area contributed by atoms with Crippen LogP contribution in [0, 0.1) is 0 Å². The van der Waals surface area contributed by atoms with Crippen LogP contribution in [-0.2, 0) is 15.3 Å². The van der Waals surface area contributed by atoms with E-state index in [1.165, 1.54) is 0 Å². The van der Waals surface area contributed by atoms with Gasteiger partial charge in [-0.1, -0.05) is 17.7 Å². The van der Waals surface area contributed by atoms with Gasteiger partial charge in [-0.25, -0.2) is 4.98 Å². The average molecular weight is 200 g/mol. The van der Waals surface area contributed by atoms with E-state index >= 15 is 0 Å². The maximum atomic E-state index is 5.76. The molecular weight excluding hydrogens is 190 g/mol. The Morgan fingerprint density at radius 2 is 2.08 bits per heavy atom. The smallest absolute Gasteiger partial charge is 0.209 e. The number of ether oxygens (including phenoxy) is 2. The van der Waals surface area contributed by atoms with Crippen LogP contribution in [0.5, 0.6) is 0 Å². The number of hydrogen-bond donors (Lipinski definition) is 0. The minimum absolute atomic E-state index is 0.456. The lowest BCUT2D eigenvalue weighted by atomic mass is 10.2. The van der Waals surface area contributed by atoms with Gasteiger partial charge in [0.2, 0.25) is 5.79 Å². The molecule has 1 saturated heterocycles. The third kappa shape index (κ3) is 1.68. The third-order valence-electron chi connectivity index (χ3n) is 2.02. The number of halogens is 1. The summed E-state index contributed by atoms with van der Waals surface area (Å²) in [4.78, 5) is 4.14. The van der Waals surface area contributed by atoms with Crippen molar-refractivity contribution in [3.05, 3.63) is 29.0 Å². The van der Waals surface area contributed by atoms with Crippen molar-refractivity contribution in [2.24, 2.45) is 0 Å². The molecule has 1 aromatic rings. The minimum atomic E-state index is -0.717. The molecule has 1 aliphatic rings. The molecule has 1 aliphatic heterocycles. The van der Waals surface area contributed by atoms with E-state index in [2.05, 4.69) is 4.98 Å². The van der Waals surface area contributed by atoms with Gasteiger partial charge in [-0.3, -0.25) is 0 Å². The first kappa shape index (κ1) is 8.94. The first-order chi connectivity index (χ1) is 6.21. The lowest BCUT2D eigenvalue weighted by Crippen LogP contribution is -2.23. The first-order valence-corrected chi connectivity index (χ1v) is 4.49. The zero-order chi connectivity index (χ0) is 9.31. The second-order valence-electron chi connectivity index (χ2n) is 2.99. The molecule has 0 aromatic carbocycles. The monoisotopic (exact) mass is 199 g/mol. The Kier molecular flexibility index (Phi) is 2.24. The Balaban J connectivity index is 2.33. The fourth-order valence-corrected chi connectivity index (χ4v) is 1.49. The fraction of sp³-hybridized carbons (Fsp3) is 0.444. The number of pyridine rings is 1. The maximum absolute atomic E-state index is 5.76. The van der Waals surface area contributed by atoms with Crippen LogP contribution in [0.25, 0.3) is 0 Å². The predicted molar refractivity (Wildman–Crippen MR) is 48.5 cm³/mol. The van der Waals surface area contributed by atoms with Gasteiger partial charge >= 0.3 is 0 Å². The average Bonchev–Trinajstić information content (AvgIpc) is 2.54. The molecule has 70 valence electrons. The molecule has 0 unspecified atom stereocenters. The van der Waals surface area contributed by atoms with Gasteiger partial charge in [-0.15, -0.1) is 0 Å². The van der Waals surface area contributed by atoms with E-state index in [1.54, 1.807) is 6.07 Å². The molecule has 0 N–H and O–H groups in total. The number of nitrogens with zero attached hydrogens (tertiary/aromatic N) is 1. The van der Waals surface area contributed by atoms with Gasteiger partial charge in [0.15, 0.2) is 0 Å². The van der Waals surface area contributed by atoms with Crippen LogP contribution >= 0.6 is 11.6 Å². The topological polar surface area (TPSA) is 31.4 Å². The normalized spacial score (nSPS) is 20.5. The summed E-state index contributed by atoms with van der Waals surface area (Å²) in [5.74, 6) is -0.717. The van der Waals surface area contributed by atoms with Crippen molar-refractivity contribution >= 4 is 11.6 Å². The SMILES string of the molecule is CC1(c2cccc(Cl)n2)OCCO1. The van der Waals surface area contributed by atoms with Crippen molar-refractivity contribution in [3.8, 4) is 0 Å². The summed E-state index contributed by atoms with van der Waals surface area (Å²) in [6, 6.07) is 5.40. The van der Waals surface area contributed by atoms with Gasteiger partial charge < -0.3 is 9.47 Å². The van der Waals surface area contributed by atoms with E-state index in [-0.39, 0.29) is 0 Å². The summed E-state index contributed by atoms with van der Waals surface area (Å²) >= 11 is 5.76. The van der Waals surface area contributed by atoms with Crippen molar-refractivity contribution in [1.82, 2.24) is 4.98 Å². The van der Waals surface area contributed by atoms with E-state index in [0.717, 1.165) is 5.69 Å². The summed E-state index contributed by atoms with van der Waals surface area (Å²) in [5.41, 5.74) is 0.720. The van der Waals surface area contributed by atoms with Crippen LogP contribution < -0.4 is 0 Å². The Morgan fingerprint density at radius 1 is 1.38 bits per heavy atom. The van der Waals surface area contributed by atoms with Gasteiger partial charge in [0.25, 0.3) is 0 Å². The highest BCUT2D eigenvalue weighted by Crippen LogP contribution is 2.29. The van der Waals surface area contributed by atoms with Crippen LogP contribution in [0.15, 0.2) is 18.2 Å². The molecule has 4 heteroatoms. The second kappa shape index (κ2) is 3.25. The molecular formula is C9H10ClNO2.